The van der Waals surface area contributed by atoms with E-state index in [0.29, 0.717) is 0 Å². The number of halogens is 1. The molecule has 0 unspecified atom stereocenters. The molecule has 0 aliphatic rings. The van der Waals surface area contributed by atoms with E-state index in [1.54, 1.807) is 7.11 Å². The Labute approximate surface area is 135 Å². The fraction of sp³-hybridized carbons (Fsp3) is 0.294. The number of aryl methyl sites for hydroxylation is 1. The van der Waals surface area contributed by atoms with Crippen molar-refractivity contribution in [1.29, 1.82) is 0 Å². The molecule has 0 saturated carbocycles. The summed E-state index contributed by atoms with van der Waals surface area (Å²) >= 11 is 3.52. The summed E-state index contributed by atoms with van der Waals surface area (Å²) in [6, 6.07) is 12.6. The minimum absolute atomic E-state index is 0.782. The van der Waals surface area contributed by atoms with Crippen LogP contribution in [0.25, 0.3) is 0 Å². The second-order valence-corrected chi connectivity index (χ2v) is 6.07. The van der Waals surface area contributed by atoms with Crippen molar-refractivity contribution in [2.75, 3.05) is 31.4 Å². The van der Waals surface area contributed by atoms with Crippen molar-refractivity contribution in [3.63, 3.8) is 0 Å². The van der Waals surface area contributed by atoms with E-state index in [9.17, 15) is 0 Å². The fourth-order valence-corrected chi connectivity index (χ4v) is 2.73. The Kier molecular flexibility index (Phi) is 5.12. The normalized spacial score (nSPS) is 10.3. The van der Waals surface area contributed by atoms with Gasteiger partial charge in [0.15, 0.2) is 0 Å². The quantitative estimate of drug-likeness (QED) is 0.863. The van der Waals surface area contributed by atoms with Gasteiger partial charge < -0.3 is 15.0 Å². The van der Waals surface area contributed by atoms with Gasteiger partial charge in [0.05, 0.1) is 11.6 Å². The van der Waals surface area contributed by atoms with Gasteiger partial charge in [-0.3, -0.25) is 0 Å². The summed E-state index contributed by atoms with van der Waals surface area (Å²) in [5.41, 5.74) is 4.82. The van der Waals surface area contributed by atoms with Crippen LogP contribution in [0.2, 0.25) is 0 Å². The Morgan fingerprint density at radius 2 is 1.90 bits per heavy atom. The minimum Gasteiger partial charge on any atom is -0.496 e. The lowest BCUT2D eigenvalue weighted by atomic mass is 10.1. The fourth-order valence-electron chi connectivity index (χ4n) is 2.14. The minimum atomic E-state index is 0.782. The van der Waals surface area contributed by atoms with Gasteiger partial charge in [-0.25, -0.2) is 0 Å². The SMILES string of the molecule is COc1ccc(CNc2ccc(N(C)C)cc2C)cc1Br. The van der Waals surface area contributed by atoms with E-state index >= 15 is 0 Å². The van der Waals surface area contributed by atoms with Gasteiger partial charge in [-0.2, -0.15) is 0 Å². The highest BCUT2D eigenvalue weighted by Crippen LogP contribution is 2.26. The molecule has 0 amide bonds. The Morgan fingerprint density at radius 1 is 1.14 bits per heavy atom. The van der Waals surface area contributed by atoms with E-state index in [4.69, 9.17) is 4.74 Å². The maximum atomic E-state index is 5.25. The number of nitrogens with one attached hydrogen (secondary N) is 1. The maximum absolute atomic E-state index is 5.25. The summed E-state index contributed by atoms with van der Waals surface area (Å²) in [6.45, 7) is 2.91. The van der Waals surface area contributed by atoms with Crippen LogP contribution in [-0.4, -0.2) is 21.2 Å². The standard InChI is InChI=1S/C17H21BrN2O/c1-12-9-14(20(2)3)6-7-16(12)19-11-13-5-8-17(21-4)15(18)10-13/h5-10,19H,11H2,1-4H3. The van der Waals surface area contributed by atoms with Gasteiger partial charge in [-0.05, 0) is 64.3 Å². The first-order chi connectivity index (χ1) is 10.0. The third kappa shape index (κ3) is 3.91. The van der Waals surface area contributed by atoms with Gasteiger partial charge in [-0.15, -0.1) is 0 Å². The summed E-state index contributed by atoms with van der Waals surface area (Å²) < 4.78 is 6.22. The average molecular weight is 349 g/mol. The topological polar surface area (TPSA) is 24.5 Å². The lowest BCUT2D eigenvalue weighted by Gasteiger charge is -2.16. The van der Waals surface area contributed by atoms with Crippen LogP contribution in [0.5, 0.6) is 5.75 Å². The van der Waals surface area contributed by atoms with Crippen molar-refractivity contribution in [1.82, 2.24) is 0 Å². The number of nitrogens with zero attached hydrogens (tertiary/aromatic N) is 1. The summed E-state index contributed by atoms with van der Waals surface area (Å²) in [4.78, 5) is 2.11. The molecule has 1 N–H and O–H groups in total. The maximum Gasteiger partial charge on any atom is 0.133 e. The summed E-state index contributed by atoms with van der Waals surface area (Å²) in [5, 5.41) is 3.48. The van der Waals surface area contributed by atoms with Crippen LogP contribution < -0.4 is 15.0 Å². The third-order valence-corrected chi connectivity index (χ3v) is 4.05. The van der Waals surface area contributed by atoms with Gasteiger partial charge in [0.25, 0.3) is 0 Å². The molecule has 0 aromatic heterocycles. The van der Waals surface area contributed by atoms with Crippen LogP contribution in [0.15, 0.2) is 40.9 Å². The second-order valence-electron chi connectivity index (χ2n) is 5.22. The van der Waals surface area contributed by atoms with E-state index in [1.807, 2.05) is 6.07 Å². The van der Waals surface area contributed by atoms with E-state index in [2.05, 4.69) is 77.5 Å². The second kappa shape index (κ2) is 6.85. The molecule has 21 heavy (non-hydrogen) atoms. The van der Waals surface area contributed by atoms with Gasteiger partial charge >= 0.3 is 0 Å². The van der Waals surface area contributed by atoms with Crippen LogP contribution in [-0.2, 0) is 6.54 Å². The van der Waals surface area contributed by atoms with E-state index < -0.39 is 0 Å². The van der Waals surface area contributed by atoms with Crippen molar-refractivity contribution >= 4 is 27.3 Å². The summed E-state index contributed by atoms with van der Waals surface area (Å²) in [6.07, 6.45) is 0. The van der Waals surface area contributed by atoms with Crippen molar-refractivity contribution in [3.05, 3.63) is 52.0 Å². The van der Waals surface area contributed by atoms with E-state index in [-0.39, 0.29) is 0 Å². The molecule has 2 rings (SSSR count). The zero-order valence-corrected chi connectivity index (χ0v) is 14.5. The lowest BCUT2D eigenvalue weighted by Crippen LogP contribution is -2.09. The highest BCUT2D eigenvalue weighted by atomic mass is 79.9. The Morgan fingerprint density at radius 3 is 2.48 bits per heavy atom. The van der Waals surface area contributed by atoms with Gasteiger partial charge in [0.2, 0.25) is 0 Å². The predicted molar refractivity (Wildman–Crippen MR) is 93.5 cm³/mol. The Balaban J connectivity index is 2.08. The number of ether oxygens (including phenoxy) is 1. The highest BCUT2D eigenvalue weighted by Gasteiger charge is 2.04. The van der Waals surface area contributed by atoms with Crippen molar-refractivity contribution in [2.45, 2.75) is 13.5 Å². The van der Waals surface area contributed by atoms with Gasteiger partial charge in [-0.1, -0.05) is 6.07 Å². The first kappa shape index (κ1) is 15.7. The van der Waals surface area contributed by atoms with Crippen LogP contribution >= 0.6 is 15.9 Å². The molecule has 0 heterocycles. The number of hydrogen-bond acceptors (Lipinski definition) is 3. The molecule has 3 nitrogen and oxygen atoms in total. The summed E-state index contributed by atoms with van der Waals surface area (Å²) in [5.74, 6) is 0.852. The Bertz CT molecular complexity index is 626. The van der Waals surface area contributed by atoms with Gasteiger partial charge in [0.1, 0.15) is 5.75 Å². The molecule has 0 aliphatic heterocycles. The molecule has 0 aliphatic carbocycles. The molecule has 0 spiro atoms. The molecule has 0 atom stereocenters. The molecule has 2 aromatic rings. The highest BCUT2D eigenvalue weighted by molar-refractivity contribution is 9.10. The molecule has 0 fully saturated rings. The molecule has 0 radical (unpaired) electrons. The first-order valence-electron chi connectivity index (χ1n) is 6.85. The van der Waals surface area contributed by atoms with Crippen molar-refractivity contribution in [2.24, 2.45) is 0 Å². The van der Waals surface area contributed by atoms with Crippen LogP contribution in [0.3, 0.4) is 0 Å². The molecule has 4 heteroatoms. The molecular weight excluding hydrogens is 328 g/mol. The molecule has 2 aromatic carbocycles. The lowest BCUT2D eigenvalue weighted by molar-refractivity contribution is 0.412. The third-order valence-electron chi connectivity index (χ3n) is 3.43. The van der Waals surface area contributed by atoms with E-state index in [1.165, 1.54) is 16.8 Å². The summed E-state index contributed by atoms with van der Waals surface area (Å²) in [7, 11) is 5.78. The number of benzene rings is 2. The smallest absolute Gasteiger partial charge is 0.133 e. The number of rotatable bonds is 5. The first-order valence-corrected chi connectivity index (χ1v) is 7.65. The van der Waals surface area contributed by atoms with Crippen LogP contribution in [0.1, 0.15) is 11.1 Å². The van der Waals surface area contributed by atoms with Crippen LogP contribution in [0.4, 0.5) is 11.4 Å². The Hall–Kier alpha value is -1.68. The molecule has 112 valence electrons. The predicted octanol–water partition coefficient (Wildman–Crippen LogP) is 4.44. The number of anilines is 2. The average Bonchev–Trinajstić information content (AvgIpc) is 2.46. The largest absolute Gasteiger partial charge is 0.496 e. The molecule has 0 saturated heterocycles. The molecular formula is C17H21BrN2O. The van der Waals surface area contributed by atoms with Crippen LogP contribution in [0, 0.1) is 6.92 Å². The monoisotopic (exact) mass is 348 g/mol. The zero-order chi connectivity index (χ0) is 15.4. The van der Waals surface area contributed by atoms with Gasteiger partial charge in [0, 0.05) is 32.0 Å². The van der Waals surface area contributed by atoms with E-state index in [0.717, 1.165) is 22.5 Å². The van der Waals surface area contributed by atoms with Crippen molar-refractivity contribution < 1.29 is 4.74 Å². The number of hydrogen-bond donors (Lipinski definition) is 1. The number of methoxy groups -OCH3 is 1. The zero-order valence-electron chi connectivity index (χ0n) is 12.9. The van der Waals surface area contributed by atoms with Crippen molar-refractivity contribution in [3.8, 4) is 5.75 Å². The molecule has 0 bridgehead atoms.